The summed E-state index contributed by atoms with van der Waals surface area (Å²) in [6.45, 7) is 6.08. The molecular formula is C12H21N3O. The standard InChI is InChI=1S/C12H21N3O/c1-8(2)6-10(13)9-7-11(16)15-5-4-14(3)12(9)15/h8,10H,4-7,13H2,1-3H3. The molecule has 0 aromatic rings. The average Bonchev–Trinajstić information content (AvgIpc) is 2.69. The average molecular weight is 223 g/mol. The van der Waals surface area contributed by atoms with E-state index in [4.69, 9.17) is 5.73 Å². The van der Waals surface area contributed by atoms with Crippen molar-refractivity contribution in [3.8, 4) is 0 Å². The summed E-state index contributed by atoms with van der Waals surface area (Å²) in [5.74, 6) is 1.87. The number of fused-ring (bicyclic) bond motifs is 1. The van der Waals surface area contributed by atoms with Crippen molar-refractivity contribution in [1.82, 2.24) is 9.80 Å². The second-order valence-electron chi connectivity index (χ2n) is 5.23. The van der Waals surface area contributed by atoms with E-state index in [-0.39, 0.29) is 11.9 Å². The van der Waals surface area contributed by atoms with Crippen LogP contribution < -0.4 is 5.73 Å². The lowest BCUT2D eigenvalue weighted by Crippen LogP contribution is -2.27. The predicted octanol–water partition coefficient (Wildman–Crippen LogP) is 0.749. The Balaban J connectivity index is 2.22. The van der Waals surface area contributed by atoms with Gasteiger partial charge in [-0.1, -0.05) is 13.8 Å². The number of carbonyl (C=O) groups is 1. The Hall–Kier alpha value is -1.03. The number of hydrogen-bond donors (Lipinski definition) is 1. The highest BCUT2D eigenvalue weighted by atomic mass is 16.2. The van der Waals surface area contributed by atoms with E-state index < -0.39 is 0 Å². The van der Waals surface area contributed by atoms with Crippen molar-refractivity contribution in [2.45, 2.75) is 32.7 Å². The molecule has 1 atom stereocenters. The highest BCUT2D eigenvalue weighted by Crippen LogP contribution is 2.32. The van der Waals surface area contributed by atoms with Gasteiger partial charge in [0.25, 0.3) is 0 Å². The van der Waals surface area contributed by atoms with Gasteiger partial charge in [0.1, 0.15) is 5.82 Å². The van der Waals surface area contributed by atoms with E-state index in [9.17, 15) is 4.79 Å². The van der Waals surface area contributed by atoms with E-state index >= 15 is 0 Å². The van der Waals surface area contributed by atoms with Gasteiger partial charge in [-0.15, -0.1) is 0 Å². The summed E-state index contributed by atoms with van der Waals surface area (Å²) in [6.07, 6.45) is 1.47. The number of carbonyl (C=O) groups excluding carboxylic acids is 1. The van der Waals surface area contributed by atoms with Gasteiger partial charge in [-0.3, -0.25) is 9.69 Å². The number of hydrogen-bond acceptors (Lipinski definition) is 3. The minimum atomic E-state index is 0.0319. The van der Waals surface area contributed by atoms with Crippen LogP contribution >= 0.6 is 0 Å². The van der Waals surface area contributed by atoms with Crippen LogP contribution in [0.4, 0.5) is 0 Å². The summed E-state index contributed by atoms with van der Waals surface area (Å²) >= 11 is 0. The van der Waals surface area contributed by atoms with Crippen molar-refractivity contribution in [2.24, 2.45) is 11.7 Å². The Morgan fingerprint density at radius 3 is 2.69 bits per heavy atom. The second-order valence-corrected chi connectivity index (χ2v) is 5.23. The fourth-order valence-electron chi connectivity index (χ4n) is 2.61. The Morgan fingerprint density at radius 2 is 2.06 bits per heavy atom. The van der Waals surface area contributed by atoms with Gasteiger partial charge in [0.2, 0.25) is 5.91 Å². The molecule has 0 radical (unpaired) electrons. The van der Waals surface area contributed by atoms with Crippen LogP contribution in [0.2, 0.25) is 0 Å². The molecule has 1 saturated heterocycles. The van der Waals surface area contributed by atoms with Gasteiger partial charge in [0.15, 0.2) is 0 Å². The van der Waals surface area contributed by atoms with E-state index in [0.717, 1.165) is 30.9 Å². The van der Waals surface area contributed by atoms with Crippen molar-refractivity contribution < 1.29 is 4.79 Å². The third-order valence-corrected chi connectivity index (χ3v) is 3.38. The number of likely N-dealkylation sites (N-methyl/N-ethyl adjacent to an activating group) is 1. The normalized spacial score (nSPS) is 22.4. The summed E-state index contributed by atoms with van der Waals surface area (Å²) in [6, 6.07) is 0.0319. The molecule has 2 rings (SSSR count). The lowest BCUT2D eigenvalue weighted by molar-refractivity contribution is -0.126. The van der Waals surface area contributed by atoms with E-state index in [2.05, 4.69) is 18.7 Å². The first kappa shape index (κ1) is 11.5. The van der Waals surface area contributed by atoms with Crippen LogP contribution in [0.25, 0.3) is 0 Å². The molecule has 0 aromatic carbocycles. The Bertz CT molecular complexity index is 335. The van der Waals surface area contributed by atoms with Crippen LogP contribution in [-0.4, -0.2) is 41.9 Å². The molecule has 1 unspecified atom stereocenters. The first-order valence-electron chi connectivity index (χ1n) is 6.00. The highest BCUT2D eigenvalue weighted by Gasteiger charge is 2.38. The van der Waals surface area contributed by atoms with Crippen LogP contribution in [0.3, 0.4) is 0 Å². The lowest BCUT2D eigenvalue weighted by Gasteiger charge is -2.20. The SMILES string of the molecule is CC(C)CC(N)C1=C2N(C)CCN2C(=O)C1. The summed E-state index contributed by atoms with van der Waals surface area (Å²) in [5, 5.41) is 0. The second kappa shape index (κ2) is 4.09. The van der Waals surface area contributed by atoms with E-state index in [1.54, 1.807) is 0 Å². The maximum Gasteiger partial charge on any atom is 0.232 e. The van der Waals surface area contributed by atoms with Gasteiger partial charge in [-0.05, 0) is 17.9 Å². The molecule has 0 aliphatic carbocycles. The predicted molar refractivity (Wildman–Crippen MR) is 63.4 cm³/mol. The van der Waals surface area contributed by atoms with Crippen molar-refractivity contribution in [1.29, 1.82) is 0 Å². The molecule has 16 heavy (non-hydrogen) atoms. The Morgan fingerprint density at radius 1 is 1.38 bits per heavy atom. The molecule has 2 aliphatic heterocycles. The third-order valence-electron chi connectivity index (χ3n) is 3.38. The molecule has 2 aliphatic rings. The zero-order chi connectivity index (χ0) is 11.9. The molecule has 0 bridgehead atoms. The molecule has 0 saturated carbocycles. The molecule has 2 N–H and O–H groups in total. The van der Waals surface area contributed by atoms with Crippen molar-refractivity contribution >= 4 is 5.91 Å². The fourth-order valence-corrected chi connectivity index (χ4v) is 2.61. The zero-order valence-corrected chi connectivity index (χ0v) is 10.4. The lowest BCUT2D eigenvalue weighted by atomic mass is 9.96. The van der Waals surface area contributed by atoms with Crippen LogP contribution in [0.1, 0.15) is 26.7 Å². The zero-order valence-electron chi connectivity index (χ0n) is 10.4. The van der Waals surface area contributed by atoms with Crippen molar-refractivity contribution in [3.05, 3.63) is 11.4 Å². The summed E-state index contributed by atoms with van der Waals surface area (Å²) in [4.78, 5) is 15.8. The Kier molecular flexibility index (Phi) is 2.93. The summed E-state index contributed by atoms with van der Waals surface area (Å²) in [7, 11) is 2.04. The van der Waals surface area contributed by atoms with E-state index in [1.165, 1.54) is 0 Å². The fraction of sp³-hybridized carbons (Fsp3) is 0.750. The van der Waals surface area contributed by atoms with Crippen LogP contribution in [0.5, 0.6) is 0 Å². The molecule has 1 amide bonds. The number of amides is 1. The van der Waals surface area contributed by atoms with Gasteiger partial charge in [0, 0.05) is 26.2 Å². The van der Waals surface area contributed by atoms with Crippen molar-refractivity contribution in [3.63, 3.8) is 0 Å². The number of rotatable bonds is 3. The summed E-state index contributed by atoms with van der Waals surface area (Å²) < 4.78 is 0. The Labute approximate surface area is 97.1 Å². The first-order valence-corrected chi connectivity index (χ1v) is 6.00. The van der Waals surface area contributed by atoms with Gasteiger partial charge >= 0.3 is 0 Å². The monoisotopic (exact) mass is 223 g/mol. The quantitative estimate of drug-likeness (QED) is 0.768. The van der Waals surface area contributed by atoms with Gasteiger partial charge in [-0.25, -0.2) is 0 Å². The molecular weight excluding hydrogens is 202 g/mol. The van der Waals surface area contributed by atoms with Crippen LogP contribution in [0, 0.1) is 5.92 Å². The largest absolute Gasteiger partial charge is 0.359 e. The minimum Gasteiger partial charge on any atom is -0.359 e. The number of nitrogens with two attached hydrogens (primary N) is 1. The smallest absolute Gasteiger partial charge is 0.232 e. The molecule has 1 fully saturated rings. The summed E-state index contributed by atoms with van der Waals surface area (Å²) in [5.41, 5.74) is 7.33. The molecule has 4 nitrogen and oxygen atoms in total. The third kappa shape index (κ3) is 1.82. The first-order chi connectivity index (χ1) is 7.50. The highest BCUT2D eigenvalue weighted by molar-refractivity contribution is 5.85. The molecule has 0 spiro atoms. The van der Waals surface area contributed by atoms with Gasteiger partial charge in [-0.2, -0.15) is 0 Å². The van der Waals surface area contributed by atoms with E-state index in [1.807, 2.05) is 11.9 Å². The van der Waals surface area contributed by atoms with Crippen LogP contribution in [-0.2, 0) is 4.79 Å². The maximum absolute atomic E-state index is 11.8. The van der Waals surface area contributed by atoms with Gasteiger partial charge in [0.05, 0.1) is 6.42 Å². The number of nitrogens with zero attached hydrogens (tertiary/aromatic N) is 2. The van der Waals surface area contributed by atoms with Crippen molar-refractivity contribution in [2.75, 3.05) is 20.1 Å². The molecule has 2 heterocycles. The minimum absolute atomic E-state index is 0.0319. The van der Waals surface area contributed by atoms with Gasteiger partial charge < -0.3 is 10.6 Å². The topological polar surface area (TPSA) is 49.6 Å². The molecule has 90 valence electrons. The maximum atomic E-state index is 11.8. The molecule has 0 aromatic heterocycles. The van der Waals surface area contributed by atoms with E-state index in [0.29, 0.717) is 12.3 Å². The molecule has 4 heteroatoms. The van der Waals surface area contributed by atoms with Crippen LogP contribution in [0.15, 0.2) is 11.4 Å².